The van der Waals surface area contributed by atoms with Crippen LogP contribution in [0.4, 0.5) is 0 Å². The maximum Gasteiger partial charge on any atom is 0.134 e. The fraction of sp³-hybridized carbons (Fsp3) is 0.462. The molecular weight excluding hydrogens is 380 g/mol. The van der Waals surface area contributed by atoms with Crippen LogP contribution >= 0.6 is 11.6 Å². The van der Waals surface area contributed by atoms with Crippen LogP contribution in [0, 0.1) is 0 Å². The van der Waals surface area contributed by atoms with E-state index < -0.39 is 0 Å². The zero-order valence-corrected chi connectivity index (χ0v) is 20.3. The van der Waals surface area contributed by atoms with E-state index in [0.29, 0.717) is 6.42 Å². The molecule has 0 aliphatic heterocycles. The van der Waals surface area contributed by atoms with Gasteiger partial charge in [0, 0.05) is 11.4 Å². The van der Waals surface area contributed by atoms with Gasteiger partial charge in [-0.3, -0.25) is 4.79 Å². The molecule has 0 fully saturated rings. The van der Waals surface area contributed by atoms with E-state index in [1.807, 2.05) is 24.3 Å². The molecule has 29 heavy (non-hydrogen) atoms. The van der Waals surface area contributed by atoms with E-state index in [-0.39, 0.29) is 22.4 Å². The van der Waals surface area contributed by atoms with Gasteiger partial charge in [-0.15, -0.1) is 0 Å². The van der Waals surface area contributed by atoms with E-state index >= 15 is 0 Å². The van der Waals surface area contributed by atoms with Gasteiger partial charge in [-0.05, 0) is 60.4 Å². The van der Waals surface area contributed by atoms with Gasteiger partial charge in [-0.2, -0.15) is 0 Å². The second-order valence-electron chi connectivity index (χ2n) is 9.49. The molecule has 0 spiro atoms. The number of rotatable bonds is 2. The van der Waals surface area contributed by atoms with Gasteiger partial charge in [-0.1, -0.05) is 89.5 Å². The third-order valence-electron chi connectivity index (χ3n) is 3.98. The fourth-order valence-corrected chi connectivity index (χ4v) is 2.49. The Morgan fingerprint density at radius 3 is 1.28 bits per heavy atom. The number of halogens is 1. The minimum Gasteiger partial charge on any atom is -0.300 e. The van der Waals surface area contributed by atoms with Crippen LogP contribution in [-0.2, 0) is 26.8 Å². The number of Topliss-reactive ketones (excluding diaryl/α,β-unsaturated/α-hetero) is 2. The highest BCUT2D eigenvalue weighted by Gasteiger charge is 2.13. The Balaban J connectivity index is 0.000000466. The molecule has 2 aromatic carbocycles. The van der Waals surface area contributed by atoms with E-state index in [9.17, 15) is 9.59 Å². The Hall–Kier alpha value is -1.93. The van der Waals surface area contributed by atoms with Crippen LogP contribution < -0.4 is 0 Å². The largest absolute Gasteiger partial charge is 0.300 e. The number of hydrogen-bond acceptors (Lipinski definition) is 2. The summed E-state index contributed by atoms with van der Waals surface area (Å²) < 4.78 is 0. The molecular formula is C26H37ClO2. The summed E-state index contributed by atoms with van der Waals surface area (Å²) in [6.07, 6.45) is 0.546. The highest BCUT2D eigenvalue weighted by molar-refractivity contribution is 6.30. The predicted octanol–water partition coefficient (Wildman–Crippen LogP) is 7.35. The quantitative estimate of drug-likeness (QED) is 0.512. The topological polar surface area (TPSA) is 34.1 Å². The van der Waals surface area contributed by atoms with Crippen LogP contribution in [0.2, 0.25) is 5.02 Å². The number of carbonyl (C=O) groups excluding carboxylic acids is 2. The van der Waals surface area contributed by atoms with Gasteiger partial charge >= 0.3 is 0 Å². The van der Waals surface area contributed by atoms with Crippen molar-refractivity contribution in [1.82, 2.24) is 0 Å². The van der Waals surface area contributed by atoms with Crippen molar-refractivity contribution in [3.63, 3.8) is 0 Å². The van der Waals surface area contributed by atoms with Crippen molar-refractivity contribution in [2.24, 2.45) is 0 Å². The van der Waals surface area contributed by atoms with E-state index in [2.05, 4.69) is 65.8 Å². The standard InChI is InChI=1S/C13H18O.C10H13Cl.C3H6O/c1-10(14)9-11-5-7-12(8-6-11)13(2,3)4;1-10(2,3)8-4-6-9(11)7-5-8;1-3(2)4/h5-8H,9H2,1-4H3;4-7H,1-3H3;1-2H3. The van der Waals surface area contributed by atoms with Gasteiger partial charge in [0.2, 0.25) is 0 Å². The first kappa shape index (κ1) is 27.1. The molecule has 160 valence electrons. The summed E-state index contributed by atoms with van der Waals surface area (Å²) in [5.41, 5.74) is 4.15. The summed E-state index contributed by atoms with van der Waals surface area (Å²) in [5.74, 6) is 0.383. The fourth-order valence-electron chi connectivity index (χ4n) is 2.36. The Bertz CT molecular complexity index is 754. The molecule has 0 aromatic heterocycles. The average Bonchev–Trinajstić information content (AvgIpc) is 2.53. The molecule has 0 atom stereocenters. The lowest BCUT2D eigenvalue weighted by Gasteiger charge is -2.18. The van der Waals surface area contributed by atoms with Crippen LogP contribution in [-0.4, -0.2) is 11.6 Å². The third kappa shape index (κ3) is 13.0. The van der Waals surface area contributed by atoms with Crippen molar-refractivity contribution in [2.75, 3.05) is 0 Å². The first-order valence-corrected chi connectivity index (χ1v) is 10.3. The Morgan fingerprint density at radius 2 is 1.00 bits per heavy atom. The van der Waals surface area contributed by atoms with Gasteiger partial charge in [-0.25, -0.2) is 0 Å². The Labute approximate surface area is 182 Å². The normalized spacial score (nSPS) is 10.8. The number of ketones is 2. The van der Waals surface area contributed by atoms with Gasteiger partial charge in [0.25, 0.3) is 0 Å². The molecule has 2 aromatic rings. The molecule has 0 unspecified atom stereocenters. The zero-order valence-electron chi connectivity index (χ0n) is 19.5. The summed E-state index contributed by atoms with van der Waals surface area (Å²) in [4.78, 5) is 20.3. The number of carbonyl (C=O) groups is 2. The number of benzene rings is 2. The zero-order chi connectivity index (χ0) is 22.8. The molecule has 2 nitrogen and oxygen atoms in total. The average molecular weight is 417 g/mol. The Morgan fingerprint density at radius 1 is 0.690 bits per heavy atom. The summed E-state index contributed by atoms with van der Waals surface area (Å²) >= 11 is 5.76. The van der Waals surface area contributed by atoms with Crippen molar-refractivity contribution in [3.05, 3.63) is 70.2 Å². The monoisotopic (exact) mass is 416 g/mol. The van der Waals surface area contributed by atoms with Crippen LogP contribution in [0.1, 0.15) is 79.0 Å². The molecule has 0 N–H and O–H groups in total. The molecule has 0 aliphatic carbocycles. The van der Waals surface area contributed by atoms with Crippen molar-refractivity contribution >= 4 is 23.2 Å². The highest BCUT2D eigenvalue weighted by atomic mass is 35.5. The van der Waals surface area contributed by atoms with E-state index in [1.165, 1.54) is 25.0 Å². The molecule has 0 radical (unpaired) electrons. The van der Waals surface area contributed by atoms with Crippen molar-refractivity contribution in [2.45, 2.75) is 79.6 Å². The lowest BCUT2D eigenvalue weighted by molar-refractivity contribution is -0.116. The molecule has 0 heterocycles. The second-order valence-corrected chi connectivity index (χ2v) is 9.93. The van der Waals surface area contributed by atoms with E-state index in [4.69, 9.17) is 11.6 Å². The Kier molecular flexibility index (Phi) is 11.1. The summed E-state index contributed by atoms with van der Waals surface area (Å²) in [6, 6.07) is 16.3. The van der Waals surface area contributed by atoms with Crippen molar-refractivity contribution in [3.8, 4) is 0 Å². The maximum absolute atomic E-state index is 10.9. The molecule has 0 amide bonds. The van der Waals surface area contributed by atoms with Crippen LogP contribution in [0.5, 0.6) is 0 Å². The van der Waals surface area contributed by atoms with Crippen LogP contribution in [0.3, 0.4) is 0 Å². The minimum atomic E-state index is 0.167. The first-order valence-electron chi connectivity index (χ1n) is 9.95. The molecule has 0 bridgehead atoms. The highest BCUT2D eigenvalue weighted by Crippen LogP contribution is 2.23. The van der Waals surface area contributed by atoms with Crippen LogP contribution in [0.25, 0.3) is 0 Å². The summed E-state index contributed by atoms with van der Waals surface area (Å²) in [7, 11) is 0. The third-order valence-corrected chi connectivity index (χ3v) is 4.24. The molecule has 0 aliphatic rings. The molecule has 0 saturated heterocycles. The van der Waals surface area contributed by atoms with Crippen molar-refractivity contribution in [1.29, 1.82) is 0 Å². The molecule has 0 saturated carbocycles. The lowest BCUT2D eigenvalue weighted by Crippen LogP contribution is -2.10. The molecule has 2 rings (SSSR count). The SMILES string of the molecule is CC(=O)Cc1ccc(C(C)(C)C)cc1.CC(C)(C)c1ccc(Cl)cc1.CC(C)=O. The lowest BCUT2D eigenvalue weighted by atomic mass is 9.86. The van der Waals surface area contributed by atoms with E-state index in [1.54, 1.807) is 6.92 Å². The smallest absolute Gasteiger partial charge is 0.134 e. The minimum absolute atomic E-state index is 0.167. The summed E-state index contributed by atoms with van der Waals surface area (Å²) in [5, 5.41) is 0.804. The van der Waals surface area contributed by atoms with Crippen LogP contribution in [0.15, 0.2) is 48.5 Å². The first-order chi connectivity index (χ1) is 13.1. The second kappa shape index (κ2) is 11.9. The predicted molar refractivity (Wildman–Crippen MR) is 126 cm³/mol. The van der Waals surface area contributed by atoms with Gasteiger partial charge in [0.1, 0.15) is 11.6 Å². The summed E-state index contributed by atoms with van der Waals surface area (Å²) in [6.45, 7) is 17.8. The molecule has 3 heteroatoms. The maximum atomic E-state index is 10.9. The van der Waals surface area contributed by atoms with Gasteiger partial charge in [0.15, 0.2) is 0 Å². The van der Waals surface area contributed by atoms with E-state index in [0.717, 1.165) is 10.6 Å². The van der Waals surface area contributed by atoms with Gasteiger partial charge < -0.3 is 4.79 Å². The number of hydrogen-bond donors (Lipinski definition) is 0. The van der Waals surface area contributed by atoms with Crippen molar-refractivity contribution < 1.29 is 9.59 Å². The van der Waals surface area contributed by atoms with Gasteiger partial charge in [0.05, 0.1) is 0 Å².